The van der Waals surface area contributed by atoms with Crippen molar-refractivity contribution < 1.29 is 23.4 Å². The van der Waals surface area contributed by atoms with Gasteiger partial charge in [0.1, 0.15) is 11.6 Å². The summed E-state index contributed by atoms with van der Waals surface area (Å²) in [5.41, 5.74) is 1.61. The van der Waals surface area contributed by atoms with Gasteiger partial charge in [0.2, 0.25) is 0 Å². The Balaban J connectivity index is 1.99. The van der Waals surface area contributed by atoms with Crippen LogP contribution in [0.4, 0.5) is 4.39 Å². The average molecular weight is 328 g/mol. The van der Waals surface area contributed by atoms with Gasteiger partial charge < -0.3 is 14.2 Å². The number of benzene rings is 2. The second-order valence-corrected chi connectivity index (χ2v) is 5.35. The van der Waals surface area contributed by atoms with Crippen molar-refractivity contribution >= 4 is 11.9 Å². The second-order valence-electron chi connectivity index (χ2n) is 5.35. The van der Waals surface area contributed by atoms with Crippen molar-refractivity contribution in [3.63, 3.8) is 0 Å². The molecule has 1 heterocycles. The molecule has 0 aliphatic carbocycles. The summed E-state index contributed by atoms with van der Waals surface area (Å²) in [5, 5.41) is 0. The zero-order valence-corrected chi connectivity index (χ0v) is 13.5. The van der Waals surface area contributed by atoms with E-state index >= 15 is 0 Å². The maximum absolute atomic E-state index is 13.5. The van der Waals surface area contributed by atoms with Crippen LogP contribution in [0.15, 0.2) is 42.0 Å². The van der Waals surface area contributed by atoms with Crippen molar-refractivity contribution in [1.82, 2.24) is 0 Å². The molecule has 1 aliphatic heterocycles. The van der Waals surface area contributed by atoms with E-state index in [4.69, 9.17) is 14.2 Å². The summed E-state index contributed by atoms with van der Waals surface area (Å²) in [6.07, 6.45) is 2.22. The first-order valence-corrected chi connectivity index (χ1v) is 7.52. The van der Waals surface area contributed by atoms with Gasteiger partial charge in [-0.3, -0.25) is 4.79 Å². The largest absolute Gasteiger partial charge is 0.493 e. The summed E-state index contributed by atoms with van der Waals surface area (Å²) in [6.45, 7) is 0.365. The van der Waals surface area contributed by atoms with Crippen LogP contribution in [0.1, 0.15) is 22.3 Å². The number of hydrogen-bond acceptors (Lipinski definition) is 4. The van der Waals surface area contributed by atoms with E-state index in [0.717, 1.165) is 5.56 Å². The summed E-state index contributed by atoms with van der Waals surface area (Å²) in [5.74, 6) is 0.921. The zero-order chi connectivity index (χ0) is 17.1. The second kappa shape index (κ2) is 6.74. The molecule has 2 aromatic rings. The van der Waals surface area contributed by atoms with Crippen LogP contribution >= 0.6 is 0 Å². The third kappa shape index (κ3) is 3.11. The number of Topliss-reactive ketones (excluding diaryl/α,β-unsaturated/α-hetero) is 1. The van der Waals surface area contributed by atoms with E-state index in [1.54, 1.807) is 32.4 Å². The molecule has 124 valence electrons. The molecule has 0 fully saturated rings. The SMILES string of the molecule is COc1ccc(C=C2CCOc3ccc(F)cc3C2=O)cc1OC. The standard InChI is InChI=1S/C19H17FO4/c1-22-17-5-3-12(10-18(17)23-2)9-13-7-8-24-16-6-4-14(20)11-15(16)19(13)21/h3-6,9-11H,7-8H2,1-2H3. The van der Waals surface area contributed by atoms with Crippen molar-refractivity contribution in [2.24, 2.45) is 0 Å². The van der Waals surface area contributed by atoms with Gasteiger partial charge in [0.25, 0.3) is 0 Å². The van der Waals surface area contributed by atoms with Crippen LogP contribution in [-0.4, -0.2) is 26.6 Å². The van der Waals surface area contributed by atoms with E-state index in [2.05, 4.69) is 0 Å². The number of fused-ring (bicyclic) bond motifs is 1. The molecule has 0 bridgehead atoms. The van der Waals surface area contributed by atoms with Gasteiger partial charge in [-0.05, 0) is 42.0 Å². The number of methoxy groups -OCH3 is 2. The van der Waals surface area contributed by atoms with Crippen LogP contribution < -0.4 is 14.2 Å². The minimum Gasteiger partial charge on any atom is -0.493 e. The lowest BCUT2D eigenvalue weighted by Gasteiger charge is -2.08. The van der Waals surface area contributed by atoms with Crippen LogP contribution in [0.2, 0.25) is 0 Å². The van der Waals surface area contributed by atoms with Crippen molar-refractivity contribution in [3.05, 3.63) is 58.9 Å². The molecule has 3 rings (SSSR count). The Hall–Kier alpha value is -2.82. The van der Waals surface area contributed by atoms with E-state index in [0.29, 0.717) is 35.8 Å². The molecule has 0 N–H and O–H groups in total. The van der Waals surface area contributed by atoms with Crippen molar-refractivity contribution in [1.29, 1.82) is 0 Å². The van der Waals surface area contributed by atoms with Crippen molar-refractivity contribution in [3.8, 4) is 17.2 Å². The number of carbonyl (C=O) groups excluding carboxylic acids is 1. The van der Waals surface area contributed by atoms with Gasteiger partial charge in [-0.1, -0.05) is 6.07 Å². The molecule has 1 aliphatic rings. The molecule has 24 heavy (non-hydrogen) atoms. The minimum absolute atomic E-state index is 0.225. The van der Waals surface area contributed by atoms with Gasteiger partial charge in [-0.2, -0.15) is 0 Å². The van der Waals surface area contributed by atoms with E-state index in [-0.39, 0.29) is 11.3 Å². The molecule has 0 spiro atoms. The molecule has 5 heteroatoms. The molecule has 0 saturated heterocycles. The molecular formula is C19H17FO4. The molecule has 4 nitrogen and oxygen atoms in total. The van der Waals surface area contributed by atoms with E-state index in [1.807, 2.05) is 6.07 Å². The maximum atomic E-state index is 13.5. The lowest BCUT2D eigenvalue weighted by molar-refractivity contribution is 0.103. The molecule has 0 saturated carbocycles. The Bertz CT molecular complexity index is 811. The van der Waals surface area contributed by atoms with Gasteiger partial charge in [0.15, 0.2) is 17.3 Å². The summed E-state index contributed by atoms with van der Waals surface area (Å²) in [6, 6.07) is 9.39. The van der Waals surface area contributed by atoms with Gasteiger partial charge in [-0.25, -0.2) is 4.39 Å². The van der Waals surface area contributed by atoms with E-state index < -0.39 is 5.82 Å². The highest BCUT2D eigenvalue weighted by Crippen LogP contribution is 2.31. The molecule has 0 atom stereocenters. The average Bonchev–Trinajstić information content (AvgIpc) is 2.74. The Labute approximate surface area is 139 Å². The van der Waals surface area contributed by atoms with Crippen molar-refractivity contribution in [2.75, 3.05) is 20.8 Å². The Morgan fingerprint density at radius 2 is 1.88 bits per heavy atom. The first-order chi connectivity index (χ1) is 11.6. The summed E-state index contributed by atoms with van der Waals surface area (Å²) >= 11 is 0. The van der Waals surface area contributed by atoms with Crippen LogP contribution in [0.3, 0.4) is 0 Å². The topological polar surface area (TPSA) is 44.8 Å². The summed E-state index contributed by atoms with van der Waals surface area (Å²) < 4.78 is 29.5. The molecule has 0 radical (unpaired) electrons. The molecule has 0 unspecified atom stereocenters. The Morgan fingerprint density at radius 1 is 1.08 bits per heavy atom. The van der Waals surface area contributed by atoms with Crippen LogP contribution in [-0.2, 0) is 0 Å². The third-order valence-corrected chi connectivity index (χ3v) is 3.86. The predicted octanol–water partition coefficient (Wildman–Crippen LogP) is 3.89. The highest BCUT2D eigenvalue weighted by Gasteiger charge is 2.22. The number of ketones is 1. The lowest BCUT2D eigenvalue weighted by atomic mass is 9.99. The fourth-order valence-corrected chi connectivity index (χ4v) is 2.64. The molecule has 0 aromatic heterocycles. The molecule has 2 aromatic carbocycles. The number of carbonyl (C=O) groups is 1. The monoisotopic (exact) mass is 328 g/mol. The first-order valence-electron chi connectivity index (χ1n) is 7.52. The van der Waals surface area contributed by atoms with Gasteiger partial charge in [0, 0.05) is 12.0 Å². The summed E-state index contributed by atoms with van der Waals surface area (Å²) in [4.78, 5) is 12.7. The maximum Gasteiger partial charge on any atom is 0.192 e. The third-order valence-electron chi connectivity index (χ3n) is 3.86. The van der Waals surface area contributed by atoms with Gasteiger partial charge >= 0.3 is 0 Å². The fourth-order valence-electron chi connectivity index (χ4n) is 2.64. The van der Waals surface area contributed by atoms with Gasteiger partial charge in [0.05, 0.1) is 26.4 Å². The zero-order valence-electron chi connectivity index (χ0n) is 13.5. The Kier molecular flexibility index (Phi) is 4.51. The number of hydrogen-bond donors (Lipinski definition) is 0. The first kappa shape index (κ1) is 16.1. The Morgan fingerprint density at radius 3 is 2.62 bits per heavy atom. The van der Waals surface area contributed by atoms with Gasteiger partial charge in [-0.15, -0.1) is 0 Å². The minimum atomic E-state index is -0.460. The predicted molar refractivity (Wildman–Crippen MR) is 88.4 cm³/mol. The summed E-state index contributed by atoms with van der Waals surface area (Å²) in [7, 11) is 3.12. The fraction of sp³-hybridized carbons (Fsp3) is 0.211. The normalized spacial score (nSPS) is 15.5. The quantitative estimate of drug-likeness (QED) is 0.802. The van der Waals surface area contributed by atoms with Crippen LogP contribution in [0.25, 0.3) is 6.08 Å². The lowest BCUT2D eigenvalue weighted by Crippen LogP contribution is -2.02. The smallest absolute Gasteiger partial charge is 0.192 e. The highest BCUT2D eigenvalue weighted by atomic mass is 19.1. The number of rotatable bonds is 3. The number of halogens is 1. The van der Waals surface area contributed by atoms with Crippen molar-refractivity contribution in [2.45, 2.75) is 6.42 Å². The van der Waals surface area contributed by atoms with E-state index in [9.17, 15) is 9.18 Å². The van der Waals surface area contributed by atoms with Crippen LogP contribution in [0.5, 0.6) is 17.2 Å². The molecular weight excluding hydrogens is 311 g/mol. The van der Waals surface area contributed by atoms with E-state index in [1.165, 1.54) is 18.2 Å². The number of ether oxygens (including phenoxy) is 3. The van der Waals surface area contributed by atoms with Crippen LogP contribution in [0, 0.1) is 5.82 Å². The highest BCUT2D eigenvalue weighted by molar-refractivity contribution is 6.13. The molecule has 0 amide bonds.